The van der Waals surface area contributed by atoms with Gasteiger partial charge < -0.3 is 14.4 Å². The van der Waals surface area contributed by atoms with Crippen LogP contribution in [0.5, 0.6) is 6.01 Å². The highest BCUT2D eigenvalue weighted by molar-refractivity contribution is 6.30. The minimum Gasteiger partial charge on any atom is -0.462 e. The molecule has 1 fully saturated rings. The molecule has 0 aliphatic carbocycles. The SMILES string of the molecule is CC(C)(C)OC(=O)N1CCCC[C@@H]1COc1nc2ccccc2n1Cc1cccc(Cl)c1. The lowest BCUT2D eigenvalue weighted by Gasteiger charge is -2.36. The monoisotopic (exact) mass is 455 g/mol. The number of para-hydroxylation sites is 2. The molecule has 1 amide bonds. The first-order valence-corrected chi connectivity index (χ1v) is 11.5. The number of benzene rings is 2. The second-order valence-corrected chi connectivity index (χ2v) is 9.67. The van der Waals surface area contributed by atoms with Crippen molar-refractivity contribution < 1.29 is 14.3 Å². The molecule has 2 aromatic carbocycles. The van der Waals surface area contributed by atoms with Crippen LogP contribution in [0.1, 0.15) is 45.6 Å². The van der Waals surface area contributed by atoms with Gasteiger partial charge in [0.2, 0.25) is 0 Å². The van der Waals surface area contributed by atoms with E-state index in [0.717, 1.165) is 35.9 Å². The average molecular weight is 456 g/mol. The molecular weight excluding hydrogens is 426 g/mol. The summed E-state index contributed by atoms with van der Waals surface area (Å²) in [5.74, 6) is 0. The van der Waals surface area contributed by atoms with Gasteiger partial charge in [0.25, 0.3) is 6.01 Å². The summed E-state index contributed by atoms with van der Waals surface area (Å²) in [7, 11) is 0. The fraction of sp³-hybridized carbons (Fsp3) is 0.440. The average Bonchev–Trinajstić information content (AvgIpc) is 3.09. The van der Waals surface area contributed by atoms with Gasteiger partial charge in [0.1, 0.15) is 12.2 Å². The lowest BCUT2D eigenvalue weighted by Crippen LogP contribution is -2.48. The molecule has 0 unspecified atom stereocenters. The zero-order valence-electron chi connectivity index (χ0n) is 18.9. The number of imidazole rings is 1. The minimum atomic E-state index is -0.523. The number of amides is 1. The van der Waals surface area contributed by atoms with Crippen LogP contribution in [0.3, 0.4) is 0 Å². The van der Waals surface area contributed by atoms with Gasteiger partial charge in [0, 0.05) is 11.6 Å². The van der Waals surface area contributed by atoms with Gasteiger partial charge in [-0.2, -0.15) is 4.98 Å². The number of carbonyl (C=O) groups is 1. The quantitative estimate of drug-likeness (QED) is 0.480. The van der Waals surface area contributed by atoms with Gasteiger partial charge in [-0.05, 0) is 69.9 Å². The molecule has 0 radical (unpaired) electrons. The summed E-state index contributed by atoms with van der Waals surface area (Å²) in [5, 5.41) is 0.699. The number of aromatic nitrogens is 2. The van der Waals surface area contributed by atoms with E-state index in [2.05, 4.69) is 4.57 Å². The number of hydrogen-bond donors (Lipinski definition) is 0. The van der Waals surface area contributed by atoms with Gasteiger partial charge in [-0.3, -0.25) is 4.57 Å². The third-order valence-corrected chi connectivity index (χ3v) is 5.74. The molecule has 0 saturated carbocycles. The van der Waals surface area contributed by atoms with Crippen LogP contribution >= 0.6 is 11.6 Å². The molecule has 0 bridgehead atoms. The van der Waals surface area contributed by atoms with E-state index < -0.39 is 5.60 Å². The van der Waals surface area contributed by atoms with Crippen LogP contribution in [0.15, 0.2) is 48.5 Å². The zero-order valence-corrected chi connectivity index (χ0v) is 19.6. The van der Waals surface area contributed by atoms with Crippen LogP contribution in [-0.2, 0) is 11.3 Å². The second-order valence-electron chi connectivity index (χ2n) is 9.23. The molecule has 2 heterocycles. The Labute approximate surface area is 194 Å². The van der Waals surface area contributed by atoms with Crippen molar-refractivity contribution in [2.24, 2.45) is 0 Å². The molecule has 6 nitrogen and oxygen atoms in total. The van der Waals surface area contributed by atoms with Crippen LogP contribution in [0, 0.1) is 0 Å². The van der Waals surface area contributed by atoms with Gasteiger partial charge in [-0.25, -0.2) is 4.79 Å². The van der Waals surface area contributed by atoms with E-state index in [1.165, 1.54) is 0 Å². The lowest BCUT2D eigenvalue weighted by atomic mass is 10.0. The summed E-state index contributed by atoms with van der Waals surface area (Å²) in [6, 6.07) is 16.3. The third-order valence-electron chi connectivity index (χ3n) is 5.51. The predicted molar refractivity (Wildman–Crippen MR) is 126 cm³/mol. The molecule has 3 aromatic rings. The lowest BCUT2D eigenvalue weighted by molar-refractivity contribution is 0.00290. The summed E-state index contributed by atoms with van der Waals surface area (Å²) in [6.45, 7) is 7.31. The van der Waals surface area contributed by atoms with E-state index in [1.807, 2.05) is 69.3 Å². The van der Waals surface area contributed by atoms with Crippen molar-refractivity contribution in [2.45, 2.75) is 58.2 Å². The zero-order chi connectivity index (χ0) is 22.7. The molecule has 32 heavy (non-hydrogen) atoms. The molecule has 1 aliphatic rings. The Hall–Kier alpha value is -2.73. The molecule has 1 aliphatic heterocycles. The van der Waals surface area contributed by atoms with E-state index in [9.17, 15) is 4.79 Å². The van der Waals surface area contributed by atoms with Crippen LogP contribution in [0.25, 0.3) is 11.0 Å². The fourth-order valence-corrected chi connectivity index (χ4v) is 4.25. The van der Waals surface area contributed by atoms with Crippen molar-refractivity contribution >= 4 is 28.7 Å². The summed E-state index contributed by atoms with van der Waals surface area (Å²) in [6.07, 6.45) is 2.64. The number of piperidine rings is 1. The number of likely N-dealkylation sites (tertiary alicyclic amines) is 1. The maximum absolute atomic E-state index is 12.7. The van der Waals surface area contributed by atoms with Crippen molar-refractivity contribution in [2.75, 3.05) is 13.2 Å². The van der Waals surface area contributed by atoms with Crippen molar-refractivity contribution in [1.82, 2.24) is 14.5 Å². The van der Waals surface area contributed by atoms with Gasteiger partial charge in [0.05, 0.1) is 23.6 Å². The molecule has 170 valence electrons. The summed E-state index contributed by atoms with van der Waals surface area (Å²) in [4.78, 5) is 19.3. The number of halogens is 1. The van der Waals surface area contributed by atoms with Crippen LogP contribution in [0.4, 0.5) is 4.79 Å². The van der Waals surface area contributed by atoms with Crippen molar-refractivity contribution in [3.8, 4) is 6.01 Å². The summed E-state index contributed by atoms with van der Waals surface area (Å²) < 4.78 is 13.9. The Bertz CT molecular complexity index is 1090. The van der Waals surface area contributed by atoms with Crippen molar-refractivity contribution in [3.05, 3.63) is 59.1 Å². The number of fused-ring (bicyclic) bond motifs is 1. The second kappa shape index (κ2) is 9.41. The molecular formula is C25H30ClN3O3. The van der Waals surface area contributed by atoms with E-state index in [-0.39, 0.29) is 12.1 Å². The largest absolute Gasteiger partial charge is 0.462 e. The summed E-state index contributed by atoms with van der Waals surface area (Å²) in [5.41, 5.74) is 2.41. The first kappa shape index (κ1) is 22.5. The predicted octanol–water partition coefficient (Wildman–Crippen LogP) is 5.91. The summed E-state index contributed by atoms with van der Waals surface area (Å²) >= 11 is 6.19. The maximum atomic E-state index is 12.7. The van der Waals surface area contributed by atoms with Crippen LogP contribution < -0.4 is 4.74 Å². The highest BCUT2D eigenvalue weighted by Crippen LogP contribution is 2.26. The fourth-order valence-electron chi connectivity index (χ4n) is 4.04. The number of ether oxygens (including phenoxy) is 2. The molecule has 1 saturated heterocycles. The third kappa shape index (κ3) is 5.36. The first-order chi connectivity index (χ1) is 15.3. The van der Waals surface area contributed by atoms with Gasteiger partial charge >= 0.3 is 6.09 Å². The molecule has 0 N–H and O–H groups in total. The normalized spacial score (nSPS) is 16.9. The van der Waals surface area contributed by atoms with E-state index in [4.69, 9.17) is 26.1 Å². The highest BCUT2D eigenvalue weighted by atomic mass is 35.5. The number of carbonyl (C=O) groups excluding carboxylic acids is 1. The Morgan fingerprint density at radius 1 is 1.16 bits per heavy atom. The molecule has 4 rings (SSSR count). The molecule has 1 atom stereocenters. The Kier molecular flexibility index (Phi) is 6.60. The Morgan fingerprint density at radius 3 is 2.75 bits per heavy atom. The van der Waals surface area contributed by atoms with E-state index >= 15 is 0 Å². The van der Waals surface area contributed by atoms with Crippen LogP contribution in [0.2, 0.25) is 5.02 Å². The molecule has 0 spiro atoms. The van der Waals surface area contributed by atoms with Crippen molar-refractivity contribution in [3.63, 3.8) is 0 Å². The van der Waals surface area contributed by atoms with Gasteiger partial charge in [-0.1, -0.05) is 35.9 Å². The highest BCUT2D eigenvalue weighted by Gasteiger charge is 2.31. The number of nitrogens with zero attached hydrogens (tertiary/aromatic N) is 3. The number of rotatable bonds is 5. The molecule has 7 heteroatoms. The maximum Gasteiger partial charge on any atom is 0.410 e. The number of hydrogen-bond acceptors (Lipinski definition) is 4. The van der Waals surface area contributed by atoms with Gasteiger partial charge in [-0.15, -0.1) is 0 Å². The van der Waals surface area contributed by atoms with Gasteiger partial charge in [0.15, 0.2) is 0 Å². The smallest absolute Gasteiger partial charge is 0.410 e. The standard InChI is InChI=1S/C25H30ClN3O3/c1-25(2,3)32-24(30)28-14-7-6-11-20(28)17-31-23-27-21-12-4-5-13-22(21)29(23)16-18-9-8-10-19(26)15-18/h4-5,8-10,12-13,15,20H,6-7,11,14,16-17H2,1-3H3/t20-/m1/s1. The van der Waals surface area contributed by atoms with E-state index in [0.29, 0.717) is 30.7 Å². The Morgan fingerprint density at radius 2 is 1.97 bits per heavy atom. The molecule has 1 aromatic heterocycles. The Balaban J connectivity index is 1.55. The van der Waals surface area contributed by atoms with Crippen molar-refractivity contribution in [1.29, 1.82) is 0 Å². The van der Waals surface area contributed by atoms with E-state index in [1.54, 1.807) is 4.90 Å². The minimum absolute atomic E-state index is 0.0435. The topological polar surface area (TPSA) is 56.6 Å². The van der Waals surface area contributed by atoms with Crippen LogP contribution in [-0.4, -0.2) is 45.3 Å². The first-order valence-electron chi connectivity index (χ1n) is 11.1.